The van der Waals surface area contributed by atoms with Gasteiger partial charge in [-0.2, -0.15) is 9.78 Å². The van der Waals surface area contributed by atoms with Crippen LogP contribution < -0.4 is 5.56 Å². The molecule has 0 bridgehead atoms. The van der Waals surface area contributed by atoms with Gasteiger partial charge in [0.1, 0.15) is 0 Å². The summed E-state index contributed by atoms with van der Waals surface area (Å²) in [6.45, 7) is 7.14. The number of fused-ring (bicyclic) bond motifs is 1. The Bertz CT molecular complexity index is 844. The number of nitrogens with zero attached hydrogens (tertiary/aromatic N) is 3. The molecule has 0 unspecified atom stereocenters. The number of hydrogen-bond acceptors (Lipinski definition) is 2. The predicted molar refractivity (Wildman–Crippen MR) is 85.1 cm³/mol. The number of rotatable bonds is 3. The molecular weight excluding hydrogens is 262 g/mol. The number of hydrogen-bond donors (Lipinski definition) is 0. The second-order valence-corrected chi connectivity index (χ2v) is 5.31. The van der Waals surface area contributed by atoms with Gasteiger partial charge in [-0.1, -0.05) is 25.1 Å². The molecule has 1 aromatic carbocycles. The van der Waals surface area contributed by atoms with Crippen molar-refractivity contribution in [1.29, 1.82) is 0 Å². The molecule has 0 amide bonds. The Morgan fingerprint density at radius 1 is 1.10 bits per heavy atom. The van der Waals surface area contributed by atoms with Crippen LogP contribution in [0, 0.1) is 13.8 Å². The van der Waals surface area contributed by atoms with Crippen molar-refractivity contribution in [3.63, 3.8) is 0 Å². The second kappa shape index (κ2) is 5.20. The minimum atomic E-state index is -0.0471. The van der Waals surface area contributed by atoms with Crippen LogP contribution in [0.2, 0.25) is 0 Å². The van der Waals surface area contributed by atoms with E-state index in [1.807, 2.05) is 37.3 Å². The van der Waals surface area contributed by atoms with Crippen LogP contribution in [-0.4, -0.2) is 14.3 Å². The van der Waals surface area contributed by atoms with E-state index in [0.717, 1.165) is 40.8 Å². The topological polar surface area (TPSA) is 39.8 Å². The molecule has 0 spiro atoms. The Morgan fingerprint density at radius 3 is 2.48 bits per heavy atom. The van der Waals surface area contributed by atoms with Crippen LogP contribution in [0.15, 0.2) is 41.3 Å². The Hall–Kier alpha value is -2.36. The fourth-order valence-corrected chi connectivity index (χ4v) is 2.92. The lowest BCUT2D eigenvalue weighted by Gasteiger charge is -2.06. The predicted octanol–water partition coefficient (Wildman–Crippen LogP) is 3.21. The number of benzene rings is 1. The van der Waals surface area contributed by atoms with Crippen LogP contribution in [0.1, 0.15) is 24.7 Å². The van der Waals surface area contributed by atoms with Crippen LogP contribution >= 0.6 is 0 Å². The van der Waals surface area contributed by atoms with E-state index in [1.165, 1.54) is 4.68 Å². The first-order valence-corrected chi connectivity index (χ1v) is 7.28. The summed E-state index contributed by atoms with van der Waals surface area (Å²) in [5.74, 6) is 0. The zero-order valence-electron chi connectivity index (χ0n) is 12.6. The first kappa shape index (κ1) is 13.6. The Morgan fingerprint density at radius 2 is 1.81 bits per heavy atom. The van der Waals surface area contributed by atoms with Gasteiger partial charge in [0.05, 0.1) is 17.3 Å². The number of aryl methyl sites for hydroxylation is 2. The van der Waals surface area contributed by atoms with Crippen molar-refractivity contribution in [2.45, 2.75) is 33.7 Å². The molecule has 0 aliphatic heterocycles. The maximum absolute atomic E-state index is 12.8. The fourth-order valence-electron chi connectivity index (χ4n) is 2.92. The minimum absolute atomic E-state index is 0.0471. The number of para-hydroxylation sites is 1. The SMILES string of the molecule is CCCn1c(C)c2cnn(-c3ccccc3)c(=O)c2c1C. The summed E-state index contributed by atoms with van der Waals surface area (Å²) in [6, 6.07) is 9.54. The van der Waals surface area contributed by atoms with Gasteiger partial charge in [0, 0.05) is 23.3 Å². The van der Waals surface area contributed by atoms with Crippen LogP contribution in [0.4, 0.5) is 0 Å². The molecule has 0 fully saturated rings. The first-order valence-electron chi connectivity index (χ1n) is 7.28. The van der Waals surface area contributed by atoms with Gasteiger partial charge in [0.25, 0.3) is 5.56 Å². The molecule has 2 aromatic heterocycles. The smallest absolute Gasteiger partial charge is 0.281 e. The lowest BCUT2D eigenvalue weighted by atomic mass is 10.2. The maximum Gasteiger partial charge on any atom is 0.281 e. The summed E-state index contributed by atoms with van der Waals surface area (Å²) in [5, 5.41) is 6.08. The van der Waals surface area contributed by atoms with E-state index in [-0.39, 0.29) is 5.56 Å². The van der Waals surface area contributed by atoms with E-state index in [1.54, 1.807) is 6.20 Å². The molecule has 0 atom stereocenters. The molecule has 108 valence electrons. The summed E-state index contributed by atoms with van der Waals surface area (Å²) in [4.78, 5) is 12.8. The molecule has 3 rings (SSSR count). The summed E-state index contributed by atoms with van der Waals surface area (Å²) in [6.07, 6.45) is 2.85. The highest BCUT2D eigenvalue weighted by Gasteiger charge is 2.16. The monoisotopic (exact) mass is 281 g/mol. The molecular formula is C17H19N3O. The largest absolute Gasteiger partial charge is 0.348 e. The van der Waals surface area contributed by atoms with Crippen LogP contribution in [0.5, 0.6) is 0 Å². The molecule has 0 aliphatic rings. The highest BCUT2D eigenvalue weighted by molar-refractivity contribution is 5.87. The summed E-state index contributed by atoms with van der Waals surface area (Å²) < 4.78 is 3.69. The number of aromatic nitrogens is 3. The van der Waals surface area contributed by atoms with Gasteiger partial charge >= 0.3 is 0 Å². The van der Waals surface area contributed by atoms with E-state index < -0.39 is 0 Å². The van der Waals surface area contributed by atoms with Crippen molar-refractivity contribution < 1.29 is 0 Å². The van der Waals surface area contributed by atoms with Crippen LogP contribution in [-0.2, 0) is 6.54 Å². The third-order valence-electron chi connectivity index (χ3n) is 3.99. The van der Waals surface area contributed by atoms with Crippen molar-refractivity contribution in [1.82, 2.24) is 14.3 Å². The summed E-state index contributed by atoms with van der Waals surface area (Å²) >= 11 is 0. The van der Waals surface area contributed by atoms with Crippen molar-refractivity contribution in [3.05, 3.63) is 58.3 Å². The molecule has 3 aromatic rings. The quantitative estimate of drug-likeness (QED) is 0.739. The van der Waals surface area contributed by atoms with E-state index in [9.17, 15) is 4.79 Å². The van der Waals surface area contributed by atoms with Gasteiger partial charge in [-0.25, -0.2) is 0 Å². The van der Waals surface area contributed by atoms with Crippen LogP contribution in [0.25, 0.3) is 16.5 Å². The fraction of sp³-hybridized carbons (Fsp3) is 0.294. The second-order valence-electron chi connectivity index (χ2n) is 5.31. The van der Waals surface area contributed by atoms with Crippen LogP contribution in [0.3, 0.4) is 0 Å². The van der Waals surface area contributed by atoms with E-state index in [4.69, 9.17) is 0 Å². The van der Waals surface area contributed by atoms with Gasteiger partial charge in [0.15, 0.2) is 0 Å². The standard InChI is InChI=1S/C17H19N3O/c1-4-10-19-12(2)15-11-18-20(14-8-6-5-7-9-14)17(21)16(15)13(19)3/h5-9,11H,4,10H2,1-3H3. The Kier molecular flexibility index (Phi) is 3.37. The molecule has 2 heterocycles. The highest BCUT2D eigenvalue weighted by atomic mass is 16.1. The van der Waals surface area contributed by atoms with E-state index in [0.29, 0.717) is 0 Å². The maximum atomic E-state index is 12.8. The van der Waals surface area contributed by atoms with Gasteiger partial charge in [-0.05, 0) is 32.4 Å². The third-order valence-corrected chi connectivity index (χ3v) is 3.99. The Labute approximate surface area is 123 Å². The van der Waals surface area contributed by atoms with Crippen molar-refractivity contribution in [2.24, 2.45) is 0 Å². The lowest BCUT2D eigenvalue weighted by molar-refractivity contribution is 0.652. The van der Waals surface area contributed by atoms with Crippen molar-refractivity contribution >= 4 is 10.8 Å². The normalized spacial score (nSPS) is 11.2. The average molecular weight is 281 g/mol. The van der Waals surface area contributed by atoms with Gasteiger partial charge in [0.2, 0.25) is 0 Å². The molecule has 0 radical (unpaired) electrons. The molecule has 21 heavy (non-hydrogen) atoms. The summed E-state index contributed by atoms with van der Waals surface area (Å²) in [7, 11) is 0. The molecule has 0 N–H and O–H groups in total. The minimum Gasteiger partial charge on any atom is -0.348 e. The summed E-state index contributed by atoms with van der Waals surface area (Å²) in [5.41, 5.74) is 2.90. The molecule has 4 heteroatoms. The molecule has 0 saturated heterocycles. The van der Waals surface area contributed by atoms with Gasteiger partial charge < -0.3 is 4.57 Å². The van der Waals surface area contributed by atoms with Gasteiger partial charge in [-0.15, -0.1) is 0 Å². The lowest BCUT2D eigenvalue weighted by Crippen LogP contribution is -2.21. The highest BCUT2D eigenvalue weighted by Crippen LogP contribution is 2.22. The molecule has 0 aliphatic carbocycles. The molecule has 4 nitrogen and oxygen atoms in total. The average Bonchev–Trinajstić information content (AvgIpc) is 2.74. The zero-order valence-corrected chi connectivity index (χ0v) is 12.6. The third kappa shape index (κ3) is 2.07. The zero-order chi connectivity index (χ0) is 15.0. The molecule has 0 saturated carbocycles. The first-order chi connectivity index (χ1) is 10.1. The van der Waals surface area contributed by atoms with Gasteiger partial charge in [-0.3, -0.25) is 4.79 Å². The Balaban J connectivity index is 2.32. The van der Waals surface area contributed by atoms with E-state index in [2.05, 4.69) is 23.5 Å². The van der Waals surface area contributed by atoms with Crippen molar-refractivity contribution in [3.8, 4) is 5.69 Å². The van der Waals surface area contributed by atoms with Crippen molar-refractivity contribution in [2.75, 3.05) is 0 Å². The van der Waals surface area contributed by atoms with E-state index >= 15 is 0 Å².